The van der Waals surface area contributed by atoms with E-state index in [0.717, 1.165) is 81.8 Å². The van der Waals surface area contributed by atoms with Gasteiger partial charge in [-0.2, -0.15) is 8.42 Å². The van der Waals surface area contributed by atoms with Crippen LogP contribution in [0.3, 0.4) is 0 Å². The normalized spacial score (nSPS) is 17.9. The number of benzene rings is 3. The van der Waals surface area contributed by atoms with Crippen molar-refractivity contribution in [1.82, 2.24) is 19.4 Å². The van der Waals surface area contributed by atoms with Crippen LogP contribution in [0, 0.1) is 5.41 Å². The number of anilines is 1. The smallest absolute Gasteiger partial charge is 0.261 e. The molecule has 1 aromatic heterocycles. The summed E-state index contributed by atoms with van der Waals surface area (Å²) in [6.45, 7) is 8.70. The zero-order valence-electron chi connectivity index (χ0n) is 32.1. The summed E-state index contributed by atoms with van der Waals surface area (Å²) in [6, 6.07) is 22.9. The SMILES string of the molecule is CCOCCn1c(NC2CCN(CCC3(Cc4ccccc4)CCN(C(=O)c4cc(OC)c(OC)c(OC)c4)C3)CC2)nc2ccccc21.CS(=O)(=O)O. The Morgan fingerprint density at radius 3 is 2.22 bits per heavy atom. The minimum atomic E-state index is -3.67. The van der Waals surface area contributed by atoms with Gasteiger partial charge in [0, 0.05) is 50.9 Å². The fourth-order valence-corrected chi connectivity index (χ4v) is 7.55. The van der Waals surface area contributed by atoms with Gasteiger partial charge in [0.1, 0.15) is 0 Å². The number of hydrogen-bond donors (Lipinski definition) is 2. The molecular weight excluding hydrogens is 711 g/mol. The van der Waals surface area contributed by atoms with E-state index in [1.165, 1.54) is 5.56 Å². The molecular formula is C40H55N5O8S. The molecule has 0 radical (unpaired) electrons. The number of nitrogens with one attached hydrogen (secondary N) is 1. The number of fused-ring (bicyclic) bond motifs is 1. The number of imidazole rings is 1. The lowest BCUT2D eigenvalue weighted by molar-refractivity contribution is 0.0762. The molecule has 4 aromatic rings. The molecule has 2 aliphatic rings. The number of carbonyl (C=O) groups is 1. The van der Waals surface area contributed by atoms with E-state index in [1.807, 2.05) is 17.9 Å². The summed E-state index contributed by atoms with van der Waals surface area (Å²) < 4.78 is 50.4. The molecule has 1 amide bonds. The molecule has 1 unspecified atom stereocenters. The second-order valence-electron chi connectivity index (χ2n) is 14.1. The van der Waals surface area contributed by atoms with Gasteiger partial charge < -0.3 is 38.6 Å². The van der Waals surface area contributed by atoms with Gasteiger partial charge in [-0.1, -0.05) is 42.5 Å². The standard InChI is InChI=1S/C39H51N5O5.CH4O3S/c1-5-49-24-23-44-33-14-10-9-13-32(33)41-38(44)40-31-15-19-42(20-16-31)21-17-39(27-29-11-7-6-8-12-29)18-22-43(28-39)37(45)30-25-34(46-2)36(48-4)35(26-30)47-3;1-5(2,3)4/h6-14,25-26,31H,5,15-24,27-28H2,1-4H3,(H,40,41);1H3,(H,2,3,4). The molecule has 14 heteroatoms. The molecule has 0 spiro atoms. The summed E-state index contributed by atoms with van der Waals surface area (Å²) in [5.41, 5.74) is 4.01. The molecule has 294 valence electrons. The lowest BCUT2D eigenvalue weighted by Crippen LogP contribution is -2.42. The fourth-order valence-electron chi connectivity index (χ4n) is 7.55. The fraction of sp³-hybridized carbons (Fsp3) is 0.500. The predicted octanol–water partition coefficient (Wildman–Crippen LogP) is 5.64. The van der Waals surface area contributed by atoms with Crippen LogP contribution in [0.1, 0.15) is 48.5 Å². The van der Waals surface area contributed by atoms with E-state index in [1.54, 1.807) is 33.5 Å². The molecule has 3 heterocycles. The van der Waals surface area contributed by atoms with E-state index < -0.39 is 10.1 Å². The number of amides is 1. The summed E-state index contributed by atoms with van der Waals surface area (Å²) in [5.74, 6) is 2.39. The van der Waals surface area contributed by atoms with Crippen LogP contribution in [0.25, 0.3) is 11.0 Å². The van der Waals surface area contributed by atoms with Gasteiger partial charge in [-0.25, -0.2) is 4.98 Å². The predicted molar refractivity (Wildman–Crippen MR) is 211 cm³/mol. The van der Waals surface area contributed by atoms with Gasteiger partial charge in [-0.15, -0.1) is 0 Å². The van der Waals surface area contributed by atoms with E-state index >= 15 is 0 Å². The van der Waals surface area contributed by atoms with E-state index in [4.69, 9.17) is 28.5 Å². The number of hydrogen-bond acceptors (Lipinski definition) is 10. The summed E-state index contributed by atoms with van der Waals surface area (Å²) >= 11 is 0. The van der Waals surface area contributed by atoms with Crippen molar-refractivity contribution in [2.45, 2.75) is 51.6 Å². The van der Waals surface area contributed by atoms with Gasteiger partial charge >= 0.3 is 0 Å². The average Bonchev–Trinajstić information content (AvgIpc) is 3.74. The first-order valence-electron chi connectivity index (χ1n) is 18.5. The van der Waals surface area contributed by atoms with Crippen molar-refractivity contribution in [3.05, 3.63) is 77.9 Å². The van der Waals surface area contributed by atoms with Gasteiger partial charge in [0.15, 0.2) is 11.5 Å². The number of para-hydroxylation sites is 2. The molecule has 54 heavy (non-hydrogen) atoms. The molecule has 2 fully saturated rings. The third-order valence-electron chi connectivity index (χ3n) is 10.3. The lowest BCUT2D eigenvalue weighted by Gasteiger charge is -2.36. The first kappa shape index (κ1) is 40.8. The second-order valence-corrected chi connectivity index (χ2v) is 15.5. The third-order valence-corrected chi connectivity index (χ3v) is 10.3. The Balaban J connectivity index is 0.00000105. The molecule has 13 nitrogen and oxygen atoms in total. The number of rotatable bonds is 15. The molecule has 2 aliphatic heterocycles. The van der Waals surface area contributed by atoms with E-state index in [9.17, 15) is 13.2 Å². The van der Waals surface area contributed by atoms with Crippen molar-refractivity contribution in [2.75, 3.05) is 78.8 Å². The molecule has 0 bridgehead atoms. The van der Waals surface area contributed by atoms with Crippen molar-refractivity contribution >= 4 is 33.0 Å². The Bertz CT molecular complexity index is 1900. The molecule has 6 rings (SSSR count). The van der Waals surface area contributed by atoms with E-state index in [-0.39, 0.29) is 11.3 Å². The van der Waals surface area contributed by atoms with Crippen LogP contribution in [-0.4, -0.2) is 118 Å². The minimum absolute atomic E-state index is 0.00181. The Kier molecular flexibility index (Phi) is 14.2. The number of carbonyl (C=O) groups excluding carboxylic acids is 1. The van der Waals surface area contributed by atoms with Gasteiger partial charge in [-0.05, 0) is 80.8 Å². The zero-order valence-corrected chi connectivity index (χ0v) is 32.9. The summed E-state index contributed by atoms with van der Waals surface area (Å²) in [6.07, 6.45) is 5.79. The quantitative estimate of drug-likeness (QED) is 0.115. The number of ether oxygens (including phenoxy) is 4. The van der Waals surface area contributed by atoms with Gasteiger partial charge in [0.2, 0.25) is 11.7 Å². The highest BCUT2D eigenvalue weighted by Gasteiger charge is 2.41. The molecule has 0 aliphatic carbocycles. The van der Waals surface area contributed by atoms with Crippen molar-refractivity contribution < 1.29 is 36.7 Å². The maximum absolute atomic E-state index is 13.9. The van der Waals surface area contributed by atoms with Crippen molar-refractivity contribution in [2.24, 2.45) is 5.41 Å². The molecule has 1 atom stereocenters. The maximum Gasteiger partial charge on any atom is 0.261 e. The average molecular weight is 766 g/mol. The second kappa shape index (κ2) is 18.8. The highest BCUT2D eigenvalue weighted by atomic mass is 32.2. The largest absolute Gasteiger partial charge is 0.493 e. The summed E-state index contributed by atoms with van der Waals surface area (Å²) in [5, 5.41) is 3.78. The molecule has 0 saturated carbocycles. The summed E-state index contributed by atoms with van der Waals surface area (Å²) in [7, 11) is 1.05. The number of methoxy groups -OCH3 is 3. The Morgan fingerprint density at radius 1 is 0.944 bits per heavy atom. The number of nitrogens with zero attached hydrogens (tertiary/aromatic N) is 4. The Hall–Kier alpha value is -4.37. The minimum Gasteiger partial charge on any atom is -0.493 e. The van der Waals surface area contributed by atoms with Gasteiger partial charge in [-0.3, -0.25) is 9.35 Å². The summed E-state index contributed by atoms with van der Waals surface area (Å²) in [4.78, 5) is 23.5. The van der Waals surface area contributed by atoms with E-state index in [2.05, 4.69) is 63.3 Å². The van der Waals surface area contributed by atoms with Crippen molar-refractivity contribution in [3.8, 4) is 17.2 Å². The first-order valence-corrected chi connectivity index (χ1v) is 20.4. The van der Waals surface area contributed by atoms with Crippen molar-refractivity contribution in [3.63, 3.8) is 0 Å². The highest BCUT2D eigenvalue weighted by Crippen LogP contribution is 2.41. The van der Waals surface area contributed by atoms with Gasteiger partial charge in [0.25, 0.3) is 16.0 Å². The lowest BCUT2D eigenvalue weighted by atomic mass is 9.77. The molecule has 2 N–H and O–H groups in total. The van der Waals surface area contributed by atoms with Crippen molar-refractivity contribution in [1.29, 1.82) is 0 Å². The van der Waals surface area contributed by atoms with Crippen LogP contribution >= 0.6 is 0 Å². The van der Waals surface area contributed by atoms with E-state index in [0.29, 0.717) is 54.9 Å². The number of likely N-dealkylation sites (tertiary alicyclic amines) is 2. The third kappa shape index (κ3) is 10.9. The van der Waals surface area contributed by atoms with Gasteiger partial charge in [0.05, 0.1) is 45.2 Å². The van der Waals surface area contributed by atoms with Crippen LogP contribution < -0.4 is 19.5 Å². The number of aromatic nitrogens is 2. The first-order chi connectivity index (χ1) is 26.0. The Morgan fingerprint density at radius 2 is 1.59 bits per heavy atom. The monoisotopic (exact) mass is 765 g/mol. The highest BCUT2D eigenvalue weighted by molar-refractivity contribution is 7.85. The maximum atomic E-state index is 13.9. The van der Waals surface area contributed by atoms with Crippen LogP contribution in [0.15, 0.2) is 66.7 Å². The van der Waals surface area contributed by atoms with Crippen LogP contribution in [0.2, 0.25) is 0 Å². The zero-order chi connectivity index (χ0) is 38.7. The van der Waals surface area contributed by atoms with Crippen LogP contribution in [0.4, 0.5) is 5.95 Å². The van der Waals surface area contributed by atoms with Crippen LogP contribution in [-0.2, 0) is 27.8 Å². The molecule has 3 aromatic carbocycles. The Labute approximate surface area is 319 Å². The number of piperidine rings is 1. The van der Waals surface area contributed by atoms with Crippen LogP contribution in [0.5, 0.6) is 17.2 Å². The molecule has 2 saturated heterocycles. The topological polar surface area (TPSA) is 145 Å².